The van der Waals surface area contributed by atoms with Gasteiger partial charge in [-0.1, -0.05) is 15.9 Å². The highest BCUT2D eigenvalue weighted by molar-refractivity contribution is 9.10. The van der Waals surface area contributed by atoms with Gasteiger partial charge in [-0.05, 0) is 43.7 Å². The van der Waals surface area contributed by atoms with E-state index in [2.05, 4.69) is 45.7 Å². The predicted octanol–water partition coefficient (Wildman–Crippen LogP) is 4.16. The van der Waals surface area contributed by atoms with Gasteiger partial charge < -0.3 is 9.88 Å². The Balaban J connectivity index is 2.16. The number of rotatable bonds is 3. The Kier molecular flexibility index (Phi) is 3.76. The zero-order chi connectivity index (χ0) is 13.3. The molecule has 0 spiro atoms. The molecule has 96 valence electrons. The van der Waals surface area contributed by atoms with Crippen LogP contribution in [0.1, 0.15) is 17.0 Å². The Morgan fingerprint density at radius 2 is 2.00 bits per heavy atom. The number of nitrogens with zero attached hydrogens (tertiary/aromatic N) is 1. The summed E-state index contributed by atoms with van der Waals surface area (Å²) in [6.07, 6.45) is 0. The minimum atomic E-state index is -0.233. The second kappa shape index (κ2) is 5.14. The van der Waals surface area contributed by atoms with Crippen molar-refractivity contribution in [3.63, 3.8) is 0 Å². The lowest BCUT2D eigenvalue weighted by Gasteiger charge is -2.08. The fourth-order valence-electron chi connectivity index (χ4n) is 1.94. The molecule has 0 aliphatic heterocycles. The van der Waals surface area contributed by atoms with Crippen molar-refractivity contribution in [3.05, 3.63) is 51.5 Å². The van der Waals surface area contributed by atoms with Crippen LogP contribution in [-0.4, -0.2) is 4.57 Å². The molecule has 0 amide bonds. The van der Waals surface area contributed by atoms with E-state index >= 15 is 0 Å². The molecular weight excluding hydrogens is 295 g/mol. The van der Waals surface area contributed by atoms with Crippen molar-refractivity contribution in [2.24, 2.45) is 7.05 Å². The highest BCUT2D eigenvalue weighted by Crippen LogP contribution is 2.21. The molecule has 2 aromatic rings. The van der Waals surface area contributed by atoms with Crippen LogP contribution in [0, 0.1) is 19.7 Å². The third kappa shape index (κ3) is 2.58. The first kappa shape index (κ1) is 13.1. The fourth-order valence-corrected chi connectivity index (χ4v) is 2.30. The maximum atomic E-state index is 13.6. The van der Waals surface area contributed by atoms with Gasteiger partial charge in [-0.25, -0.2) is 4.39 Å². The normalized spacial score (nSPS) is 10.7. The van der Waals surface area contributed by atoms with Crippen molar-refractivity contribution in [1.29, 1.82) is 0 Å². The summed E-state index contributed by atoms with van der Waals surface area (Å²) in [6, 6.07) is 7.02. The average molecular weight is 311 g/mol. The molecule has 1 aromatic carbocycles. The predicted molar refractivity (Wildman–Crippen MR) is 76.3 cm³/mol. The Morgan fingerprint density at radius 3 is 2.61 bits per heavy atom. The second-order valence-electron chi connectivity index (χ2n) is 4.43. The number of halogens is 2. The minimum Gasteiger partial charge on any atom is -0.378 e. The summed E-state index contributed by atoms with van der Waals surface area (Å²) in [6.45, 7) is 4.76. The topological polar surface area (TPSA) is 17.0 Å². The molecule has 0 unspecified atom stereocenters. The van der Waals surface area contributed by atoms with Crippen molar-refractivity contribution in [2.75, 3.05) is 5.32 Å². The largest absolute Gasteiger partial charge is 0.378 e. The molecule has 0 aliphatic rings. The van der Waals surface area contributed by atoms with Gasteiger partial charge in [0.25, 0.3) is 0 Å². The molecule has 18 heavy (non-hydrogen) atoms. The third-order valence-electron chi connectivity index (χ3n) is 3.28. The highest BCUT2D eigenvalue weighted by Gasteiger charge is 2.07. The van der Waals surface area contributed by atoms with Gasteiger partial charge in [-0.2, -0.15) is 0 Å². The molecule has 0 radical (unpaired) electrons. The summed E-state index contributed by atoms with van der Waals surface area (Å²) in [5, 5.41) is 3.13. The van der Waals surface area contributed by atoms with Crippen LogP contribution in [-0.2, 0) is 13.6 Å². The zero-order valence-corrected chi connectivity index (χ0v) is 12.3. The maximum Gasteiger partial charge on any atom is 0.146 e. The molecule has 0 aliphatic carbocycles. The molecule has 0 saturated carbocycles. The monoisotopic (exact) mass is 310 g/mol. The number of aryl methyl sites for hydroxylation is 1. The van der Waals surface area contributed by atoms with Crippen molar-refractivity contribution in [1.82, 2.24) is 4.57 Å². The van der Waals surface area contributed by atoms with Gasteiger partial charge in [0.2, 0.25) is 0 Å². The molecule has 2 rings (SSSR count). The number of hydrogen-bond acceptors (Lipinski definition) is 1. The smallest absolute Gasteiger partial charge is 0.146 e. The van der Waals surface area contributed by atoms with Crippen LogP contribution in [0.4, 0.5) is 10.1 Å². The Hall–Kier alpha value is -1.29. The lowest BCUT2D eigenvalue weighted by atomic mass is 10.2. The molecular formula is C14H16BrFN2. The van der Waals surface area contributed by atoms with Crippen LogP contribution in [0.25, 0.3) is 0 Å². The number of anilines is 1. The second-order valence-corrected chi connectivity index (χ2v) is 5.35. The van der Waals surface area contributed by atoms with Gasteiger partial charge in [0.15, 0.2) is 0 Å². The van der Waals surface area contributed by atoms with E-state index in [1.165, 1.54) is 23.0 Å². The Bertz CT molecular complexity index is 575. The van der Waals surface area contributed by atoms with Crippen molar-refractivity contribution < 1.29 is 4.39 Å². The van der Waals surface area contributed by atoms with Gasteiger partial charge in [0.1, 0.15) is 5.82 Å². The maximum absolute atomic E-state index is 13.6. The molecule has 2 nitrogen and oxygen atoms in total. The quantitative estimate of drug-likeness (QED) is 0.901. The van der Waals surface area contributed by atoms with Crippen LogP contribution < -0.4 is 5.32 Å². The summed E-state index contributed by atoms with van der Waals surface area (Å²) in [4.78, 5) is 0. The van der Waals surface area contributed by atoms with Crippen LogP contribution in [0.2, 0.25) is 0 Å². The van der Waals surface area contributed by atoms with Gasteiger partial charge in [0, 0.05) is 29.5 Å². The number of benzene rings is 1. The lowest BCUT2D eigenvalue weighted by molar-refractivity contribution is 0.630. The average Bonchev–Trinajstić information content (AvgIpc) is 2.58. The zero-order valence-electron chi connectivity index (χ0n) is 10.7. The summed E-state index contributed by atoms with van der Waals surface area (Å²) < 4.78 is 16.6. The lowest BCUT2D eigenvalue weighted by Crippen LogP contribution is -2.03. The first-order valence-corrected chi connectivity index (χ1v) is 6.59. The molecule has 0 fully saturated rings. The standard InChI is InChI=1S/C14H16BrFN2/c1-9-6-11(10(2)18(9)3)8-17-14-7-12(15)4-5-13(14)16/h4-7,17H,8H2,1-3H3. The third-order valence-corrected chi connectivity index (χ3v) is 3.77. The van der Waals surface area contributed by atoms with E-state index in [0.717, 1.165) is 4.47 Å². The first-order valence-electron chi connectivity index (χ1n) is 5.79. The first-order chi connectivity index (χ1) is 8.49. The van der Waals surface area contributed by atoms with Gasteiger partial charge >= 0.3 is 0 Å². The van der Waals surface area contributed by atoms with Crippen LogP contribution in [0.5, 0.6) is 0 Å². The molecule has 1 aromatic heterocycles. The highest BCUT2D eigenvalue weighted by atomic mass is 79.9. The summed E-state index contributed by atoms with van der Waals surface area (Å²) >= 11 is 3.34. The molecule has 4 heteroatoms. The molecule has 0 atom stereocenters. The summed E-state index contributed by atoms with van der Waals surface area (Å²) in [5.74, 6) is -0.233. The van der Waals surface area contributed by atoms with Crippen molar-refractivity contribution in [3.8, 4) is 0 Å². The Labute approximate surface area is 115 Å². The number of hydrogen-bond donors (Lipinski definition) is 1. The van der Waals surface area contributed by atoms with Crippen molar-refractivity contribution in [2.45, 2.75) is 20.4 Å². The van der Waals surface area contributed by atoms with E-state index in [-0.39, 0.29) is 5.82 Å². The number of nitrogens with one attached hydrogen (secondary N) is 1. The van der Waals surface area contributed by atoms with Gasteiger partial charge in [0.05, 0.1) is 5.69 Å². The molecule has 1 heterocycles. The summed E-state index contributed by atoms with van der Waals surface area (Å²) in [5.41, 5.74) is 4.12. The minimum absolute atomic E-state index is 0.233. The van der Waals surface area contributed by atoms with E-state index in [9.17, 15) is 4.39 Å². The molecule has 1 N–H and O–H groups in total. The van der Waals surface area contributed by atoms with E-state index in [1.54, 1.807) is 12.1 Å². The van der Waals surface area contributed by atoms with Crippen LogP contribution in [0.3, 0.4) is 0 Å². The van der Waals surface area contributed by atoms with Crippen LogP contribution in [0.15, 0.2) is 28.7 Å². The SMILES string of the molecule is Cc1cc(CNc2cc(Br)ccc2F)c(C)n1C. The molecule has 0 bridgehead atoms. The molecule has 0 saturated heterocycles. The van der Waals surface area contributed by atoms with Gasteiger partial charge in [-0.15, -0.1) is 0 Å². The van der Waals surface area contributed by atoms with E-state index in [0.29, 0.717) is 12.2 Å². The van der Waals surface area contributed by atoms with E-state index < -0.39 is 0 Å². The van der Waals surface area contributed by atoms with E-state index in [1.807, 2.05) is 7.05 Å². The van der Waals surface area contributed by atoms with E-state index in [4.69, 9.17) is 0 Å². The Morgan fingerprint density at radius 1 is 1.28 bits per heavy atom. The van der Waals surface area contributed by atoms with Gasteiger partial charge in [-0.3, -0.25) is 0 Å². The van der Waals surface area contributed by atoms with Crippen LogP contribution >= 0.6 is 15.9 Å². The number of aromatic nitrogens is 1. The van der Waals surface area contributed by atoms with Crippen molar-refractivity contribution >= 4 is 21.6 Å². The fraction of sp³-hybridized carbons (Fsp3) is 0.286. The summed E-state index contributed by atoms with van der Waals surface area (Å²) in [7, 11) is 2.04.